The van der Waals surface area contributed by atoms with Crippen molar-refractivity contribution in [3.05, 3.63) is 0 Å². The number of carboxylic acid groups (broad SMARTS) is 1. The Morgan fingerprint density at radius 3 is 2.31 bits per heavy atom. The third-order valence-corrected chi connectivity index (χ3v) is 3.11. The van der Waals surface area contributed by atoms with Gasteiger partial charge in [0.05, 0.1) is 5.75 Å². The van der Waals surface area contributed by atoms with Crippen molar-refractivity contribution >= 4 is 16.8 Å². The highest BCUT2D eigenvalue weighted by Gasteiger charge is 2.22. The lowest BCUT2D eigenvalue weighted by atomic mass is 9.99. The van der Waals surface area contributed by atoms with Gasteiger partial charge in [-0.25, -0.2) is 13.2 Å². The van der Waals surface area contributed by atoms with Crippen molar-refractivity contribution in [1.82, 2.24) is 4.90 Å². The number of rotatable bonds is 2. The average molecular weight is 207 g/mol. The van der Waals surface area contributed by atoms with E-state index in [9.17, 15) is 13.2 Å². The Balaban J connectivity index is 2.34. The molecule has 13 heavy (non-hydrogen) atoms. The molecule has 1 fully saturated rings. The van der Waals surface area contributed by atoms with E-state index in [-0.39, 0.29) is 11.7 Å². The molecule has 0 saturated carbocycles. The molecule has 0 atom stereocenters. The molecule has 6 heteroatoms. The van der Waals surface area contributed by atoms with E-state index in [0.29, 0.717) is 25.9 Å². The molecule has 76 valence electrons. The Morgan fingerprint density at radius 1 is 1.38 bits per heavy atom. The van der Waals surface area contributed by atoms with Gasteiger partial charge in [0, 0.05) is 13.1 Å². The molecular weight excluding hydrogens is 194 g/mol. The molecule has 1 aliphatic rings. The first kappa shape index (κ1) is 10.3. The monoisotopic (exact) mass is 207 g/mol. The van der Waals surface area contributed by atoms with Gasteiger partial charge in [-0.15, -0.1) is 0 Å². The molecular formula is C7H13NO4S. The maximum atomic E-state index is 10.5. The minimum atomic E-state index is -2.32. The number of likely N-dealkylation sites (tertiary alicyclic amines) is 1. The standard InChI is InChI=1S/C7H13NO4S/c9-7(10)8-3-1-6(2-4-8)5-13(11)12/h6,13H,1-5H2,(H,9,10). The van der Waals surface area contributed by atoms with Crippen molar-refractivity contribution in [1.29, 1.82) is 0 Å². The summed E-state index contributed by atoms with van der Waals surface area (Å²) in [6.45, 7) is 0.923. The number of nitrogens with zero attached hydrogens (tertiary/aromatic N) is 1. The van der Waals surface area contributed by atoms with E-state index in [4.69, 9.17) is 5.11 Å². The molecule has 0 bridgehead atoms. The van der Waals surface area contributed by atoms with Gasteiger partial charge in [-0.3, -0.25) is 0 Å². The number of hydrogen-bond donors (Lipinski definition) is 2. The maximum Gasteiger partial charge on any atom is 0.407 e. The summed E-state index contributed by atoms with van der Waals surface area (Å²) in [6, 6.07) is 0. The molecule has 0 radical (unpaired) electrons. The summed E-state index contributed by atoms with van der Waals surface area (Å²) in [5.41, 5.74) is 0. The van der Waals surface area contributed by atoms with Crippen LogP contribution in [0, 0.1) is 5.92 Å². The van der Waals surface area contributed by atoms with Gasteiger partial charge in [0.1, 0.15) is 10.7 Å². The molecule has 1 saturated heterocycles. The van der Waals surface area contributed by atoms with E-state index < -0.39 is 16.8 Å². The topological polar surface area (TPSA) is 74.7 Å². The van der Waals surface area contributed by atoms with E-state index in [1.165, 1.54) is 4.90 Å². The molecule has 0 aliphatic carbocycles. The zero-order valence-electron chi connectivity index (χ0n) is 7.18. The van der Waals surface area contributed by atoms with Gasteiger partial charge < -0.3 is 10.0 Å². The van der Waals surface area contributed by atoms with Crippen LogP contribution >= 0.6 is 0 Å². The van der Waals surface area contributed by atoms with E-state index in [1.54, 1.807) is 0 Å². The lowest BCUT2D eigenvalue weighted by Gasteiger charge is -2.28. The highest BCUT2D eigenvalue weighted by molar-refractivity contribution is 7.72. The number of piperidine rings is 1. The van der Waals surface area contributed by atoms with Crippen LogP contribution in [0.1, 0.15) is 12.8 Å². The third kappa shape index (κ3) is 3.22. The number of amides is 1. The van der Waals surface area contributed by atoms with E-state index >= 15 is 0 Å². The summed E-state index contributed by atoms with van der Waals surface area (Å²) in [5.74, 6) is 0.347. The van der Waals surface area contributed by atoms with Gasteiger partial charge in [-0.2, -0.15) is 0 Å². The fourth-order valence-electron chi connectivity index (χ4n) is 1.52. The van der Waals surface area contributed by atoms with Crippen molar-refractivity contribution in [2.45, 2.75) is 12.8 Å². The number of thiol groups is 1. The Kier molecular flexibility index (Phi) is 3.53. The lowest BCUT2D eigenvalue weighted by molar-refractivity contribution is 0.127. The summed E-state index contributed by atoms with van der Waals surface area (Å²) < 4.78 is 20.8. The zero-order chi connectivity index (χ0) is 9.84. The van der Waals surface area contributed by atoms with Gasteiger partial charge >= 0.3 is 6.09 Å². The summed E-state index contributed by atoms with van der Waals surface area (Å²) >= 11 is 0. The molecule has 1 rings (SSSR count). The SMILES string of the molecule is O=C(O)N1CCC(C[SH](=O)=O)CC1. The van der Waals surface area contributed by atoms with E-state index in [2.05, 4.69) is 0 Å². The molecule has 0 aromatic rings. The molecule has 0 aromatic carbocycles. The molecule has 5 nitrogen and oxygen atoms in total. The molecule has 0 aromatic heterocycles. The Morgan fingerprint density at radius 2 is 1.92 bits per heavy atom. The molecule has 1 N–H and O–H groups in total. The van der Waals surface area contributed by atoms with E-state index in [1.807, 2.05) is 0 Å². The second-order valence-corrected chi connectivity index (χ2v) is 4.26. The van der Waals surface area contributed by atoms with Crippen LogP contribution in [0.15, 0.2) is 0 Å². The van der Waals surface area contributed by atoms with Crippen molar-refractivity contribution in [3.8, 4) is 0 Å². The van der Waals surface area contributed by atoms with Crippen LogP contribution in [0.2, 0.25) is 0 Å². The van der Waals surface area contributed by atoms with Gasteiger partial charge in [-0.1, -0.05) is 0 Å². The Labute approximate surface area is 78.3 Å². The minimum absolute atomic E-state index is 0.150. The lowest BCUT2D eigenvalue weighted by Crippen LogP contribution is -2.38. The first-order valence-corrected chi connectivity index (χ1v) is 5.55. The van der Waals surface area contributed by atoms with Crippen molar-refractivity contribution < 1.29 is 18.3 Å². The number of hydrogen-bond acceptors (Lipinski definition) is 3. The largest absolute Gasteiger partial charge is 0.465 e. The molecule has 1 heterocycles. The smallest absolute Gasteiger partial charge is 0.407 e. The molecule has 1 amide bonds. The highest BCUT2D eigenvalue weighted by Crippen LogP contribution is 2.16. The van der Waals surface area contributed by atoms with Crippen molar-refractivity contribution in [2.24, 2.45) is 5.92 Å². The van der Waals surface area contributed by atoms with Crippen molar-refractivity contribution in [3.63, 3.8) is 0 Å². The first-order chi connectivity index (χ1) is 6.09. The summed E-state index contributed by atoms with van der Waals surface area (Å²) in [4.78, 5) is 11.8. The average Bonchev–Trinajstić information content (AvgIpc) is 2.04. The first-order valence-electron chi connectivity index (χ1n) is 4.19. The highest BCUT2D eigenvalue weighted by atomic mass is 32.2. The summed E-state index contributed by atoms with van der Waals surface area (Å²) in [5, 5.41) is 8.61. The fourth-order valence-corrected chi connectivity index (χ4v) is 2.30. The molecule has 1 aliphatic heterocycles. The second kappa shape index (κ2) is 4.45. The van der Waals surface area contributed by atoms with Gasteiger partial charge in [0.2, 0.25) is 0 Å². The fraction of sp³-hybridized carbons (Fsp3) is 0.857. The second-order valence-electron chi connectivity index (χ2n) is 3.23. The predicted octanol–water partition coefficient (Wildman–Crippen LogP) is -0.0122. The van der Waals surface area contributed by atoms with Gasteiger partial charge in [0.15, 0.2) is 0 Å². The Bertz CT molecular complexity index is 247. The van der Waals surface area contributed by atoms with Crippen molar-refractivity contribution in [2.75, 3.05) is 18.8 Å². The van der Waals surface area contributed by atoms with Crippen LogP contribution in [-0.4, -0.2) is 43.4 Å². The minimum Gasteiger partial charge on any atom is -0.465 e. The van der Waals surface area contributed by atoms with Crippen LogP contribution in [0.3, 0.4) is 0 Å². The zero-order valence-corrected chi connectivity index (χ0v) is 8.07. The van der Waals surface area contributed by atoms with Crippen LogP contribution in [0.25, 0.3) is 0 Å². The normalized spacial score (nSPS) is 19.3. The molecule has 0 unspecified atom stereocenters. The van der Waals surface area contributed by atoms with Crippen LogP contribution in [0.5, 0.6) is 0 Å². The third-order valence-electron chi connectivity index (χ3n) is 2.29. The number of carbonyl (C=O) groups is 1. The van der Waals surface area contributed by atoms with Gasteiger partial charge in [-0.05, 0) is 18.8 Å². The van der Waals surface area contributed by atoms with Crippen LogP contribution < -0.4 is 0 Å². The van der Waals surface area contributed by atoms with Gasteiger partial charge in [0.25, 0.3) is 0 Å². The molecule has 0 spiro atoms. The van der Waals surface area contributed by atoms with E-state index in [0.717, 1.165) is 0 Å². The maximum absolute atomic E-state index is 10.5. The predicted molar refractivity (Wildman–Crippen MR) is 47.5 cm³/mol. The summed E-state index contributed by atoms with van der Waals surface area (Å²) in [7, 11) is -2.32. The quantitative estimate of drug-likeness (QED) is 0.624. The van der Waals surface area contributed by atoms with Crippen LogP contribution in [-0.2, 0) is 10.7 Å². The summed E-state index contributed by atoms with van der Waals surface area (Å²) in [6.07, 6.45) is 0.413. The Hall–Kier alpha value is -0.780. The van der Waals surface area contributed by atoms with Crippen LogP contribution in [0.4, 0.5) is 4.79 Å².